The van der Waals surface area contributed by atoms with Crippen molar-refractivity contribution in [1.82, 2.24) is 14.5 Å². The number of aryl methyl sites for hydroxylation is 1. The van der Waals surface area contributed by atoms with E-state index in [1.807, 2.05) is 13.1 Å². The second-order valence-corrected chi connectivity index (χ2v) is 4.54. The highest BCUT2D eigenvalue weighted by Gasteiger charge is 2.29. The quantitative estimate of drug-likeness (QED) is 0.847. The average molecular weight is 216 g/mol. The molecule has 0 unspecified atom stereocenters. The van der Waals surface area contributed by atoms with Crippen LogP contribution in [0.5, 0.6) is 0 Å². The van der Waals surface area contributed by atoms with E-state index >= 15 is 0 Å². The van der Waals surface area contributed by atoms with Crippen LogP contribution in [0.25, 0.3) is 11.2 Å². The number of pyridine rings is 1. The Morgan fingerprint density at radius 3 is 3.00 bits per heavy atom. The highest BCUT2D eigenvalue weighted by Crippen LogP contribution is 2.40. The van der Waals surface area contributed by atoms with Crippen LogP contribution in [0.3, 0.4) is 0 Å². The van der Waals surface area contributed by atoms with E-state index < -0.39 is 0 Å². The summed E-state index contributed by atoms with van der Waals surface area (Å²) in [5, 5.41) is 0. The Balaban J connectivity index is 2.19. The standard InChI is InChI=1S/C12H16N4/c1-8-6-10-12(14-7-8)16(5-4-13)11(15-10)9-2-3-9/h6-7,9H,2-5,13H2,1H3. The second kappa shape index (κ2) is 3.56. The zero-order chi connectivity index (χ0) is 11.1. The SMILES string of the molecule is Cc1cnc2c(c1)nc(C1CC1)n2CCN. The van der Waals surface area contributed by atoms with E-state index in [-0.39, 0.29) is 0 Å². The molecule has 1 aliphatic rings. The average Bonchev–Trinajstić information content (AvgIpc) is 3.04. The fraction of sp³-hybridized carbons (Fsp3) is 0.500. The Bertz CT molecular complexity index is 525. The normalized spacial score (nSPS) is 15.9. The summed E-state index contributed by atoms with van der Waals surface area (Å²) < 4.78 is 2.19. The van der Waals surface area contributed by atoms with Gasteiger partial charge >= 0.3 is 0 Å². The number of nitrogens with zero attached hydrogens (tertiary/aromatic N) is 3. The number of aromatic nitrogens is 3. The molecule has 2 heterocycles. The first-order valence-corrected chi connectivity index (χ1v) is 5.82. The number of hydrogen-bond donors (Lipinski definition) is 1. The molecule has 0 amide bonds. The van der Waals surface area contributed by atoms with Crippen LogP contribution >= 0.6 is 0 Å². The van der Waals surface area contributed by atoms with E-state index in [9.17, 15) is 0 Å². The van der Waals surface area contributed by atoms with Crippen LogP contribution in [0.15, 0.2) is 12.3 Å². The van der Waals surface area contributed by atoms with Gasteiger partial charge in [0.1, 0.15) is 11.3 Å². The van der Waals surface area contributed by atoms with Gasteiger partial charge in [-0.3, -0.25) is 0 Å². The minimum absolute atomic E-state index is 0.640. The van der Waals surface area contributed by atoms with Crippen molar-refractivity contribution < 1.29 is 0 Å². The van der Waals surface area contributed by atoms with Crippen LogP contribution in [0.2, 0.25) is 0 Å². The molecule has 0 radical (unpaired) electrons. The Morgan fingerprint density at radius 1 is 1.50 bits per heavy atom. The smallest absolute Gasteiger partial charge is 0.160 e. The van der Waals surface area contributed by atoms with Gasteiger partial charge in [0.25, 0.3) is 0 Å². The van der Waals surface area contributed by atoms with Gasteiger partial charge in [0.2, 0.25) is 0 Å². The van der Waals surface area contributed by atoms with Crippen molar-refractivity contribution >= 4 is 11.2 Å². The molecule has 3 rings (SSSR count). The monoisotopic (exact) mass is 216 g/mol. The number of hydrogen-bond acceptors (Lipinski definition) is 3. The van der Waals surface area contributed by atoms with Crippen LogP contribution in [0, 0.1) is 6.92 Å². The summed E-state index contributed by atoms with van der Waals surface area (Å²) in [4.78, 5) is 9.17. The van der Waals surface area contributed by atoms with E-state index in [1.54, 1.807) is 0 Å². The summed E-state index contributed by atoms with van der Waals surface area (Å²) in [6.45, 7) is 3.50. The molecule has 1 fully saturated rings. The van der Waals surface area contributed by atoms with Gasteiger partial charge in [-0.15, -0.1) is 0 Å². The van der Waals surface area contributed by atoms with E-state index in [1.165, 1.54) is 18.7 Å². The summed E-state index contributed by atoms with van der Waals surface area (Å²) in [7, 11) is 0. The lowest BCUT2D eigenvalue weighted by molar-refractivity contribution is 0.675. The fourth-order valence-corrected chi connectivity index (χ4v) is 2.13. The maximum Gasteiger partial charge on any atom is 0.160 e. The molecule has 2 aromatic rings. The first kappa shape index (κ1) is 9.78. The fourth-order valence-electron chi connectivity index (χ4n) is 2.13. The molecule has 84 valence electrons. The van der Waals surface area contributed by atoms with E-state index in [2.05, 4.69) is 15.6 Å². The number of nitrogens with two attached hydrogens (primary N) is 1. The molecule has 0 aliphatic heterocycles. The summed E-state index contributed by atoms with van der Waals surface area (Å²) in [5.41, 5.74) is 8.81. The highest BCUT2D eigenvalue weighted by molar-refractivity contribution is 5.72. The van der Waals surface area contributed by atoms with Gasteiger partial charge in [0.15, 0.2) is 5.65 Å². The zero-order valence-electron chi connectivity index (χ0n) is 9.48. The van der Waals surface area contributed by atoms with Crippen LogP contribution in [0.4, 0.5) is 0 Å². The number of fused-ring (bicyclic) bond motifs is 1. The summed E-state index contributed by atoms with van der Waals surface area (Å²) in [5.74, 6) is 1.82. The molecule has 0 saturated heterocycles. The van der Waals surface area contributed by atoms with Gasteiger partial charge in [-0.1, -0.05) is 0 Å². The lowest BCUT2D eigenvalue weighted by Gasteiger charge is -2.05. The lowest BCUT2D eigenvalue weighted by Crippen LogP contribution is -2.12. The van der Waals surface area contributed by atoms with Crippen LogP contribution < -0.4 is 5.73 Å². The largest absolute Gasteiger partial charge is 0.329 e. The molecule has 1 saturated carbocycles. The van der Waals surface area contributed by atoms with Crippen molar-refractivity contribution in [3.63, 3.8) is 0 Å². The summed E-state index contributed by atoms with van der Waals surface area (Å²) in [6, 6.07) is 2.10. The topological polar surface area (TPSA) is 56.7 Å². The molecule has 2 aromatic heterocycles. The Kier molecular flexibility index (Phi) is 2.17. The molecule has 4 heteroatoms. The van der Waals surface area contributed by atoms with E-state index in [4.69, 9.17) is 10.7 Å². The first-order valence-electron chi connectivity index (χ1n) is 5.82. The molecular weight excluding hydrogens is 200 g/mol. The third-order valence-electron chi connectivity index (χ3n) is 3.05. The Hall–Kier alpha value is -1.42. The Labute approximate surface area is 94.5 Å². The van der Waals surface area contributed by atoms with Crippen LogP contribution in [-0.4, -0.2) is 21.1 Å². The molecule has 0 atom stereocenters. The molecule has 0 bridgehead atoms. The van der Waals surface area contributed by atoms with Gasteiger partial charge in [0.05, 0.1) is 0 Å². The maximum atomic E-state index is 5.65. The highest BCUT2D eigenvalue weighted by atomic mass is 15.1. The Morgan fingerprint density at radius 2 is 2.31 bits per heavy atom. The van der Waals surface area contributed by atoms with Crippen molar-refractivity contribution in [3.05, 3.63) is 23.7 Å². The number of rotatable bonds is 3. The van der Waals surface area contributed by atoms with Gasteiger partial charge in [-0.25, -0.2) is 9.97 Å². The summed E-state index contributed by atoms with van der Waals surface area (Å²) >= 11 is 0. The van der Waals surface area contributed by atoms with Crippen molar-refractivity contribution in [2.45, 2.75) is 32.2 Å². The van der Waals surface area contributed by atoms with Crippen LogP contribution in [-0.2, 0) is 6.54 Å². The number of imidazole rings is 1. The molecule has 0 aromatic carbocycles. The third kappa shape index (κ3) is 1.50. The minimum Gasteiger partial charge on any atom is -0.329 e. The molecule has 2 N–H and O–H groups in total. The molecule has 1 aliphatic carbocycles. The van der Waals surface area contributed by atoms with Gasteiger partial charge in [-0.2, -0.15) is 0 Å². The van der Waals surface area contributed by atoms with Crippen molar-refractivity contribution in [1.29, 1.82) is 0 Å². The van der Waals surface area contributed by atoms with Crippen LogP contribution in [0.1, 0.15) is 30.1 Å². The van der Waals surface area contributed by atoms with Crippen molar-refractivity contribution in [2.24, 2.45) is 5.73 Å². The predicted octanol–water partition coefficient (Wildman–Crippen LogP) is 1.58. The van der Waals surface area contributed by atoms with Gasteiger partial charge in [-0.05, 0) is 31.4 Å². The van der Waals surface area contributed by atoms with Crippen molar-refractivity contribution in [3.8, 4) is 0 Å². The molecular formula is C12H16N4. The van der Waals surface area contributed by atoms with Crippen molar-refractivity contribution in [2.75, 3.05) is 6.54 Å². The van der Waals surface area contributed by atoms with E-state index in [0.29, 0.717) is 12.5 Å². The second-order valence-electron chi connectivity index (χ2n) is 4.54. The molecule has 0 spiro atoms. The maximum absolute atomic E-state index is 5.65. The lowest BCUT2D eigenvalue weighted by atomic mass is 10.3. The van der Waals surface area contributed by atoms with E-state index in [0.717, 1.165) is 23.3 Å². The zero-order valence-corrected chi connectivity index (χ0v) is 9.48. The molecule has 4 nitrogen and oxygen atoms in total. The van der Waals surface area contributed by atoms with Gasteiger partial charge < -0.3 is 10.3 Å². The predicted molar refractivity (Wildman–Crippen MR) is 63.3 cm³/mol. The molecule has 16 heavy (non-hydrogen) atoms. The third-order valence-corrected chi connectivity index (χ3v) is 3.05. The summed E-state index contributed by atoms with van der Waals surface area (Å²) in [6.07, 6.45) is 4.41. The minimum atomic E-state index is 0.640. The first-order chi connectivity index (χ1) is 7.79. The van der Waals surface area contributed by atoms with Gasteiger partial charge in [0, 0.05) is 25.2 Å².